The Morgan fingerprint density at radius 1 is 1.14 bits per heavy atom. The lowest BCUT2D eigenvalue weighted by atomic mass is 10.2. The minimum Gasteiger partial charge on any atom is -0.490 e. The van der Waals surface area contributed by atoms with E-state index in [1.807, 2.05) is 45.0 Å². The topological polar surface area (TPSA) is 83.4 Å². The van der Waals surface area contributed by atoms with Crippen LogP contribution in [0.25, 0.3) is 0 Å². The van der Waals surface area contributed by atoms with Gasteiger partial charge in [0.05, 0.1) is 13.2 Å². The van der Waals surface area contributed by atoms with Crippen LogP contribution in [0.5, 0.6) is 11.5 Å². The summed E-state index contributed by atoms with van der Waals surface area (Å²) in [5.41, 5.74) is 2.24. The highest BCUT2D eigenvalue weighted by atomic mass is 127. The molecule has 28 heavy (non-hydrogen) atoms. The third-order valence-electron chi connectivity index (χ3n) is 3.73. The average Bonchev–Trinajstić information content (AvgIpc) is 2.67. The Bertz CT molecular complexity index is 920. The first kappa shape index (κ1) is 21.6. The molecule has 146 valence electrons. The molecular formula is C21H22IN3O3. The van der Waals surface area contributed by atoms with E-state index in [9.17, 15) is 10.1 Å². The zero-order chi connectivity index (χ0) is 20.5. The van der Waals surface area contributed by atoms with Gasteiger partial charge >= 0.3 is 0 Å². The van der Waals surface area contributed by atoms with Gasteiger partial charge in [-0.05, 0) is 79.3 Å². The summed E-state index contributed by atoms with van der Waals surface area (Å²) < 4.78 is 12.2. The molecule has 0 saturated heterocycles. The molecule has 0 aromatic heterocycles. The first-order valence-electron chi connectivity index (χ1n) is 8.82. The summed E-state index contributed by atoms with van der Waals surface area (Å²) >= 11 is 2.21. The second-order valence-corrected chi connectivity index (χ2v) is 7.00. The molecule has 2 aromatic rings. The number of hydrogen-bond acceptors (Lipinski definition) is 5. The van der Waals surface area contributed by atoms with Crippen LogP contribution in [-0.2, 0) is 4.79 Å². The lowest BCUT2D eigenvalue weighted by Gasteiger charge is -2.12. The minimum atomic E-state index is -0.477. The SMILES string of the molecule is CCOc1ccc(N/C=C(/C#N)C(=O)Nc2ccc(I)cc2C)cc1OCC. The molecule has 2 rings (SSSR count). The highest BCUT2D eigenvalue weighted by Gasteiger charge is 2.11. The van der Waals surface area contributed by atoms with Crippen molar-refractivity contribution in [2.24, 2.45) is 0 Å². The van der Waals surface area contributed by atoms with Crippen molar-refractivity contribution in [1.29, 1.82) is 5.26 Å². The molecule has 0 fully saturated rings. The zero-order valence-electron chi connectivity index (χ0n) is 16.0. The van der Waals surface area contributed by atoms with Gasteiger partial charge in [0.2, 0.25) is 0 Å². The first-order chi connectivity index (χ1) is 13.5. The largest absolute Gasteiger partial charge is 0.490 e. The van der Waals surface area contributed by atoms with Crippen molar-refractivity contribution in [3.8, 4) is 17.6 Å². The smallest absolute Gasteiger partial charge is 0.267 e. The number of aryl methyl sites for hydroxylation is 1. The van der Waals surface area contributed by atoms with Gasteiger partial charge in [0.1, 0.15) is 11.6 Å². The highest BCUT2D eigenvalue weighted by Crippen LogP contribution is 2.30. The molecule has 0 radical (unpaired) electrons. The molecule has 0 aliphatic heterocycles. The number of anilines is 2. The van der Waals surface area contributed by atoms with E-state index in [0.717, 1.165) is 9.13 Å². The quantitative estimate of drug-likeness (QED) is 0.313. The summed E-state index contributed by atoms with van der Waals surface area (Å²) in [6.45, 7) is 6.73. The van der Waals surface area contributed by atoms with E-state index < -0.39 is 5.91 Å². The molecule has 0 bridgehead atoms. The summed E-state index contributed by atoms with van der Waals surface area (Å²) in [6, 6.07) is 12.9. The number of benzene rings is 2. The van der Waals surface area contributed by atoms with E-state index >= 15 is 0 Å². The number of carbonyl (C=O) groups is 1. The van der Waals surface area contributed by atoms with Crippen molar-refractivity contribution in [1.82, 2.24) is 0 Å². The van der Waals surface area contributed by atoms with Crippen LogP contribution in [0.1, 0.15) is 19.4 Å². The number of nitriles is 1. The Morgan fingerprint density at radius 3 is 2.50 bits per heavy atom. The fourth-order valence-electron chi connectivity index (χ4n) is 2.40. The van der Waals surface area contributed by atoms with Gasteiger partial charge < -0.3 is 20.1 Å². The molecule has 0 heterocycles. The number of nitrogens with zero attached hydrogens (tertiary/aromatic N) is 1. The van der Waals surface area contributed by atoms with Crippen molar-refractivity contribution < 1.29 is 14.3 Å². The van der Waals surface area contributed by atoms with Gasteiger partial charge in [-0.2, -0.15) is 5.26 Å². The maximum Gasteiger partial charge on any atom is 0.267 e. The Balaban J connectivity index is 2.15. The number of rotatable bonds is 8. The van der Waals surface area contributed by atoms with Crippen molar-refractivity contribution >= 4 is 39.9 Å². The highest BCUT2D eigenvalue weighted by molar-refractivity contribution is 14.1. The van der Waals surface area contributed by atoms with Crippen molar-refractivity contribution in [3.05, 3.63) is 57.3 Å². The second-order valence-electron chi connectivity index (χ2n) is 5.76. The molecule has 6 nitrogen and oxygen atoms in total. The fourth-order valence-corrected chi connectivity index (χ4v) is 3.05. The minimum absolute atomic E-state index is 0.0372. The van der Waals surface area contributed by atoms with E-state index in [2.05, 4.69) is 33.2 Å². The number of hydrogen-bond donors (Lipinski definition) is 2. The Labute approximate surface area is 178 Å². The van der Waals surface area contributed by atoms with Crippen LogP contribution in [0, 0.1) is 21.8 Å². The van der Waals surface area contributed by atoms with Crippen molar-refractivity contribution in [3.63, 3.8) is 0 Å². The van der Waals surface area contributed by atoms with Gasteiger partial charge in [-0.15, -0.1) is 0 Å². The van der Waals surface area contributed by atoms with Crippen LogP contribution >= 0.6 is 22.6 Å². The summed E-state index contributed by atoms with van der Waals surface area (Å²) in [7, 11) is 0. The zero-order valence-corrected chi connectivity index (χ0v) is 18.2. The molecule has 0 aliphatic carbocycles. The van der Waals surface area contributed by atoms with Crippen LogP contribution in [-0.4, -0.2) is 19.1 Å². The Hall–Kier alpha value is -2.73. The van der Waals surface area contributed by atoms with Gasteiger partial charge in [-0.3, -0.25) is 4.79 Å². The van der Waals surface area contributed by atoms with Gasteiger partial charge in [0, 0.05) is 27.2 Å². The standard InChI is InChI=1S/C21H22IN3O3/c1-4-27-19-9-7-17(11-20(19)28-5-2)24-13-15(12-23)21(26)25-18-8-6-16(22)10-14(18)3/h6-11,13,24H,4-5H2,1-3H3,(H,25,26)/b15-13-. The number of halogens is 1. The number of carbonyl (C=O) groups excluding carboxylic acids is 1. The molecule has 0 aliphatic rings. The number of amides is 1. The summed E-state index contributed by atoms with van der Waals surface area (Å²) in [4.78, 5) is 12.4. The van der Waals surface area contributed by atoms with Crippen molar-refractivity contribution in [2.45, 2.75) is 20.8 Å². The lowest BCUT2D eigenvalue weighted by molar-refractivity contribution is -0.112. The molecule has 0 unspecified atom stereocenters. The van der Waals surface area contributed by atoms with E-state index in [1.54, 1.807) is 18.2 Å². The summed E-state index contributed by atoms with van der Waals surface area (Å²) in [5.74, 6) is 0.766. The first-order valence-corrected chi connectivity index (χ1v) is 9.90. The predicted octanol–water partition coefficient (Wildman–Crippen LogP) is 4.86. The van der Waals surface area contributed by atoms with Crippen LogP contribution in [0.15, 0.2) is 48.2 Å². The Kier molecular flexibility index (Phi) is 8.14. The maximum atomic E-state index is 12.4. The molecule has 2 N–H and O–H groups in total. The molecule has 1 amide bonds. The molecule has 0 saturated carbocycles. The van der Waals surface area contributed by atoms with Crippen LogP contribution in [0.3, 0.4) is 0 Å². The molecular weight excluding hydrogens is 469 g/mol. The summed E-state index contributed by atoms with van der Waals surface area (Å²) in [5, 5.41) is 15.1. The summed E-state index contributed by atoms with van der Waals surface area (Å²) in [6.07, 6.45) is 1.38. The normalized spacial score (nSPS) is 10.8. The molecule has 2 aromatic carbocycles. The maximum absolute atomic E-state index is 12.4. The molecule has 0 spiro atoms. The van der Waals surface area contributed by atoms with E-state index in [-0.39, 0.29) is 5.57 Å². The van der Waals surface area contributed by atoms with Crippen molar-refractivity contribution in [2.75, 3.05) is 23.8 Å². The third kappa shape index (κ3) is 5.89. The molecule has 0 atom stereocenters. The lowest BCUT2D eigenvalue weighted by Crippen LogP contribution is -2.15. The fraction of sp³-hybridized carbons (Fsp3) is 0.238. The third-order valence-corrected chi connectivity index (χ3v) is 4.40. The predicted molar refractivity (Wildman–Crippen MR) is 119 cm³/mol. The van der Waals surface area contributed by atoms with Crippen LogP contribution < -0.4 is 20.1 Å². The monoisotopic (exact) mass is 491 g/mol. The van der Waals surface area contributed by atoms with Gasteiger partial charge in [0.25, 0.3) is 5.91 Å². The number of nitrogens with one attached hydrogen (secondary N) is 2. The van der Waals surface area contributed by atoms with Gasteiger partial charge in [0.15, 0.2) is 11.5 Å². The van der Waals surface area contributed by atoms with E-state index in [4.69, 9.17) is 9.47 Å². The second kappa shape index (κ2) is 10.6. The van der Waals surface area contributed by atoms with Gasteiger partial charge in [-0.25, -0.2) is 0 Å². The van der Waals surface area contributed by atoms with E-state index in [1.165, 1.54) is 6.20 Å². The Morgan fingerprint density at radius 2 is 1.86 bits per heavy atom. The number of ether oxygens (including phenoxy) is 2. The van der Waals surface area contributed by atoms with Gasteiger partial charge in [-0.1, -0.05) is 0 Å². The molecule has 7 heteroatoms. The average molecular weight is 491 g/mol. The van der Waals surface area contributed by atoms with Crippen LogP contribution in [0.4, 0.5) is 11.4 Å². The van der Waals surface area contributed by atoms with E-state index in [0.29, 0.717) is 36.1 Å². The van der Waals surface area contributed by atoms with Crippen LogP contribution in [0.2, 0.25) is 0 Å².